The molecule has 0 N–H and O–H groups in total. The van der Waals surface area contributed by atoms with Gasteiger partial charge in [0.05, 0.1) is 5.69 Å². The first kappa shape index (κ1) is 16.3. The smallest absolute Gasteiger partial charge is 0.279 e. The van der Waals surface area contributed by atoms with Gasteiger partial charge in [0.2, 0.25) is 0 Å². The van der Waals surface area contributed by atoms with Crippen LogP contribution in [-0.4, -0.2) is 14.8 Å². The first-order valence-corrected chi connectivity index (χ1v) is 8.43. The van der Waals surface area contributed by atoms with E-state index in [9.17, 15) is 4.79 Å². The van der Waals surface area contributed by atoms with Crippen LogP contribution in [0, 0.1) is 6.92 Å². The third-order valence-corrected chi connectivity index (χ3v) is 4.75. The van der Waals surface area contributed by atoms with Crippen LogP contribution in [0.25, 0.3) is 5.69 Å². The van der Waals surface area contributed by atoms with E-state index in [2.05, 4.69) is 10.2 Å². The van der Waals surface area contributed by atoms with E-state index < -0.39 is 6.10 Å². The van der Waals surface area contributed by atoms with E-state index in [1.54, 1.807) is 31.2 Å². The maximum Gasteiger partial charge on any atom is 0.279 e. The van der Waals surface area contributed by atoms with Crippen LogP contribution in [0.3, 0.4) is 0 Å². The van der Waals surface area contributed by atoms with Crippen molar-refractivity contribution in [1.82, 2.24) is 14.8 Å². The van der Waals surface area contributed by atoms with Gasteiger partial charge < -0.3 is 4.74 Å². The summed E-state index contributed by atoms with van der Waals surface area (Å²) in [5.74, 6) is 0.439. The van der Waals surface area contributed by atoms with Gasteiger partial charge in [0, 0.05) is 21.2 Å². The second kappa shape index (κ2) is 6.26. The number of ether oxygens (including phenoxy) is 1. The molecule has 0 fully saturated rings. The molecule has 3 aromatic rings. The highest BCUT2D eigenvalue weighted by molar-refractivity contribution is 6.31. The molecule has 2 heterocycles. The Balaban J connectivity index is 2.02. The van der Waals surface area contributed by atoms with E-state index in [0.29, 0.717) is 27.3 Å². The Hall–Kier alpha value is -2.21. The molecule has 0 radical (unpaired) electrons. The number of halogens is 2. The fourth-order valence-corrected chi connectivity index (χ4v) is 3.39. The molecule has 5 nitrogen and oxygen atoms in total. The summed E-state index contributed by atoms with van der Waals surface area (Å²) in [6, 6.07) is 12.8. The summed E-state index contributed by atoms with van der Waals surface area (Å²) >= 11 is 12.6. The lowest BCUT2D eigenvalue weighted by atomic mass is 9.99. The predicted octanol–water partition coefficient (Wildman–Crippen LogP) is 3.86. The molecule has 0 bridgehead atoms. The maximum absolute atomic E-state index is 12.7. The van der Waals surface area contributed by atoms with Gasteiger partial charge in [-0.1, -0.05) is 41.4 Å². The molecule has 1 aliphatic rings. The van der Waals surface area contributed by atoms with Crippen LogP contribution in [0.2, 0.25) is 10.0 Å². The van der Waals surface area contributed by atoms with E-state index in [0.717, 1.165) is 11.1 Å². The van der Waals surface area contributed by atoms with Crippen LogP contribution in [0.1, 0.15) is 28.7 Å². The van der Waals surface area contributed by atoms with Crippen molar-refractivity contribution in [2.45, 2.75) is 19.6 Å². The van der Waals surface area contributed by atoms with E-state index in [1.165, 1.54) is 4.57 Å². The third-order valence-electron chi connectivity index (χ3n) is 4.17. The second-order valence-electron chi connectivity index (χ2n) is 5.76. The lowest BCUT2D eigenvalue weighted by Crippen LogP contribution is -2.27. The summed E-state index contributed by atoms with van der Waals surface area (Å²) in [4.78, 5) is 12.7. The molecular formula is C18H13Cl2N3O2. The summed E-state index contributed by atoms with van der Waals surface area (Å²) in [5.41, 5.74) is 2.33. The van der Waals surface area contributed by atoms with Gasteiger partial charge in [0.1, 0.15) is 18.4 Å². The number of aromatic nitrogens is 3. The molecule has 0 amide bonds. The van der Waals surface area contributed by atoms with Crippen LogP contribution in [0.15, 0.2) is 47.3 Å². The Morgan fingerprint density at radius 1 is 1.12 bits per heavy atom. The Morgan fingerprint density at radius 3 is 2.72 bits per heavy atom. The highest BCUT2D eigenvalue weighted by atomic mass is 35.5. The molecular weight excluding hydrogens is 361 g/mol. The number of fused-ring (bicyclic) bond motifs is 3. The minimum absolute atomic E-state index is 0.130. The van der Waals surface area contributed by atoms with Gasteiger partial charge in [-0.25, -0.2) is 0 Å². The summed E-state index contributed by atoms with van der Waals surface area (Å²) in [6.45, 7) is 1.76. The van der Waals surface area contributed by atoms with Gasteiger partial charge in [-0.3, -0.25) is 9.36 Å². The first-order chi connectivity index (χ1) is 12.1. The van der Waals surface area contributed by atoms with E-state index >= 15 is 0 Å². The lowest BCUT2D eigenvalue weighted by molar-refractivity contribution is 0.0648. The van der Waals surface area contributed by atoms with Crippen molar-refractivity contribution in [2.24, 2.45) is 0 Å². The van der Waals surface area contributed by atoms with Crippen LogP contribution in [0.5, 0.6) is 0 Å². The van der Waals surface area contributed by atoms with E-state index in [1.807, 2.05) is 18.2 Å². The van der Waals surface area contributed by atoms with Crippen molar-refractivity contribution in [1.29, 1.82) is 0 Å². The molecule has 0 saturated carbocycles. The van der Waals surface area contributed by atoms with Crippen molar-refractivity contribution in [3.05, 3.63) is 85.5 Å². The Morgan fingerprint density at radius 2 is 1.92 bits per heavy atom. The summed E-state index contributed by atoms with van der Waals surface area (Å²) in [7, 11) is 0. The van der Waals surface area contributed by atoms with Gasteiger partial charge in [-0.2, -0.15) is 0 Å². The lowest BCUT2D eigenvalue weighted by Gasteiger charge is -2.19. The summed E-state index contributed by atoms with van der Waals surface area (Å²) < 4.78 is 7.60. The number of rotatable bonds is 1. The standard InChI is InChI=1S/C18H13Cl2N3O2/c1-10-18(24)23-15-7-6-11(19)8-13(15)17(25-9-16(23)22-21-10)12-4-2-3-5-14(12)20/h2-8,17H,9H2,1H3. The Bertz CT molecular complexity index is 1030. The zero-order valence-corrected chi connectivity index (χ0v) is 14.8. The molecule has 1 aromatic heterocycles. The average molecular weight is 374 g/mol. The van der Waals surface area contributed by atoms with Crippen molar-refractivity contribution in [3.63, 3.8) is 0 Å². The van der Waals surface area contributed by atoms with Crippen LogP contribution < -0.4 is 5.56 Å². The van der Waals surface area contributed by atoms with Crippen LogP contribution in [0.4, 0.5) is 0 Å². The molecule has 4 rings (SSSR count). The summed E-state index contributed by atoms with van der Waals surface area (Å²) in [6.07, 6.45) is -0.469. The van der Waals surface area contributed by atoms with Crippen molar-refractivity contribution < 1.29 is 4.74 Å². The topological polar surface area (TPSA) is 57.0 Å². The highest BCUT2D eigenvalue weighted by Gasteiger charge is 2.28. The van der Waals surface area contributed by atoms with Crippen molar-refractivity contribution in [2.75, 3.05) is 0 Å². The molecule has 1 atom stereocenters. The first-order valence-electron chi connectivity index (χ1n) is 7.67. The molecule has 7 heteroatoms. The fourth-order valence-electron chi connectivity index (χ4n) is 2.97. The number of hydrogen-bond acceptors (Lipinski definition) is 4. The Labute approximate surface area is 153 Å². The van der Waals surface area contributed by atoms with Crippen molar-refractivity contribution in [3.8, 4) is 5.69 Å². The van der Waals surface area contributed by atoms with Crippen molar-refractivity contribution >= 4 is 23.2 Å². The number of benzene rings is 2. The third kappa shape index (κ3) is 2.74. The van der Waals surface area contributed by atoms with Gasteiger partial charge >= 0.3 is 0 Å². The van der Waals surface area contributed by atoms with Gasteiger partial charge in [-0.05, 0) is 31.2 Å². The van der Waals surface area contributed by atoms with E-state index in [-0.39, 0.29) is 12.2 Å². The number of hydrogen-bond donors (Lipinski definition) is 0. The minimum Gasteiger partial charge on any atom is -0.361 e. The molecule has 0 spiro atoms. The van der Waals surface area contributed by atoms with Gasteiger partial charge in [0.15, 0.2) is 5.82 Å². The second-order valence-corrected chi connectivity index (χ2v) is 6.60. The predicted molar refractivity (Wildman–Crippen MR) is 95.5 cm³/mol. The van der Waals surface area contributed by atoms with Crippen LogP contribution >= 0.6 is 23.2 Å². The molecule has 1 aliphatic heterocycles. The highest BCUT2D eigenvalue weighted by Crippen LogP contribution is 2.38. The minimum atomic E-state index is -0.469. The zero-order chi connectivity index (χ0) is 17.6. The van der Waals surface area contributed by atoms with Gasteiger partial charge in [-0.15, -0.1) is 10.2 Å². The molecule has 2 aromatic carbocycles. The van der Waals surface area contributed by atoms with Gasteiger partial charge in [0.25, 0.3) is 5.56 Å². The van der Waals surface area contributed by atoms with E-state index in [4.69, 9.17) is 27.9 Å². The molecule has 0 aliphatic carbocycles. The molecule has 0 saturated heterocycles. The quantitative estimate of drug-likeness (QED) is 0.649. The Kier molecular flexibility index (Phi) is 4.07. The number of nitrogens with zero attached hydrogens (tertiary/aromatic N) is 3. The SMILES string of the molecule is Cc1nnc2n(c1=O)-c1ccc(Cl)cc1C(c1ccccc1Cl)OC2. The average Bonchev–Trinajstić information content (AvgIpc) is 2.76. The zero-order valence-electron chi connectivity index (χ0n) is 13.2. The largest absolute Gasteiger partial charge is 0.361 e. The normalized spacial score (nSPS) is 16.0. The monoisotopic (exact) mass is 373 g/mol. The maximum atomic E-state index is 12.7. The van der Waals surface area contributed by atoms with Crippen LogP contribution in [-0.2, 0) is 11.3 Å². The molecule has 126 valence electrons. The fraction of sp³-hybridized carbons (Fsp3) is 0.167. The molecule has 25 heavy (non-hydrogen) atoms. The molecule has 1 unspecified atom stereocenters. The summed E-state index contributed by atoms with van der Waals surface area (Å²) in [5, 5.41) is 9.19. The number of aryl methyl sites for hydroxylation is 1.